The summed E-state index contributed by atoms with van der Waals surface area (Å²) in [5.41, 5.74) is 5.74. The van der Waals surface area contributed by atoms with E-state index in [4.69, 9.17) is 4.74 Å². The number of rotatable bonds is 8. The number of thioether (sulfide) groups is 1. The first-order chi connectivity index (χ1) is 18.1. The molecule has 1 saturated carbocycles. The minimum atomic E-state index is -0.199. The third-order valence-electron chi connectivity index (χ3n) is 6.78. The van der Waals surface area contributed by atoms with Crippen molar-refractivity contribution >= 4 is 34.7 Å². The van der Waals surface area contributed by atoms with E-state index >= 15 is 0 Å². The molecule has 1 heterocycles. The van der Waals surface area contributed by atoms with E-state index in [-0.39, 0.29) is 11.7 Å². The molecular weight excluding hydrogens is 482 g/mol. The van der Waals surface area contributed by atoms with E-state index in [0.29, 0.717) is 11.8 Å². The van der Waals surface area contributed by atoms with Crippen LogP contribution in [0.1, 0.15) is 49.3 Å². The maximum atomic E-state index is 12.7. The third kappa shape index (κ3) is 5.69. The van der Waals surface area contributed by atoms with Gasteiger partial charge in [0.05, 0.1) is 19.1 Å². The molecule has 1 fully saturated rings. The highest BCUT2D eigenvalue weighted by Crippen LogP contribution is 2.35. The van der Waals surface area contributed by atoms with Crippen molar-refractivity contribution in [2.75, 3.05) is 12.9 Å². The van der Waals surface area contributed by atoms with E-state index in [2.05, 4.69) is 56.5 Å². The number of hydrogen-bond acceptors (Lipinski definition) is 6. The van der Waals surface area contributed by atoms with Gasteiger partial charge in [-0.2, -0.15) is 5.10 Å². The predicted octanol–water partition coefficient (Wildman–Crippen LogP) is 6.16. The average Bonchev–Trinajstić information content (AvgIpc) is 3.37. The van der Waals surface area contributed by atoms with Crippen LogP contribution in [0.2, 0.25) is 0 Å². The fourth-order valence-electron chi connectivity index (χ4n) is 4.86. The molecule has 0 radical (unpaired) electrons. The third-order valence-corrected chi connectivity index (χ3v) is 7.72. The van der Waals surface area contributed by atoms with Crippen molar-refractivity contribution < 1.29 is 9.53 Å². The van der Waals surface area contributed by atoms with Crippen LogP contribution < -0.4 is 10.2 Å². The van der Waals surface area contributed by atoms with Gasteiger partial charge in [-0.05, 0) is 36.6 Å². The molecule has 1 aliphatic rings. The lowest BCUT2D eigenvalue weighted by molar-refractivity contribution is -0.118. The molecule has 7 nitrogen and oxygen atoms in total. The normalized spacial score (nSPS) is 14.3. The van der Waals surface area contributed by atoms with Crippen molar-refractivity contribution in [2.45, 2.75) is 50.2 Å². The van der Waals surface area contributed by atoms with Gasteiger partial charge >= 0.3 is 0 Å². The topological polar surface area (TPSA) is 81.4 Å². The van der Waals surface area contributed by atoms with Crippen LogP contribution in [0.15, 0.2) is 70.9 Å². The first-order valence-corrected chi connectivity index (χ1v) is 13.6. The number of ether oxygens (including phenoxy) is 1. The molecule has 0 bridgehead atoms. The zero-order valence-electron chi connectivity index (χ0n) is 21.2. The maximum Gasteiger partial charge on any atom is 0.250 e. The summed E-state index contributed by atoms with van der Waals surface area (Å²) in [6, 6.07) is 20.7. The highest BCUT2D eigenvalue weighted by molar-refractivity contribution is 7.99. The number of nitrogens with zero attached hydrogens (tertiary/aromatic N) is 4. The second-order valence-corrected chi connectivity index (χ2v) is 10.3. The predicted molar refractivity (Wildman–Crippen MR) is 149 cm³/mol. The fraction of sp³-hybridized carbons (Fsp3) is 0.310. The van der Waals surface area contributed by atoms with Gasteiger partial charge in [-0.1, -0.05) is 91.2 Å². The monoisotopic (exact) mass is 513 g/mol. The Kier molecular flexibility index (Phi) is 7.84. The molecule has 0 saturated heterocycles. The van der Waals surface area contributed by atoms with Gasteiger partial charge in [0.15, 0.2) is 11.0 Å². The van der Waals surface area contributed by atoms with Crippen molar-refractivity contribution in [1.82, 2.24) is 20.2 Å². The highest BCUT2D eigenvalue weighted by Gasteiger charge is 2.24. The fourth-order valence-corrected chi connectivity index (χ4v) is 5.66. The van der Waals surface area contributed by atoms with Crippen LogP contribution in [0.4, 0.5) is 0 Å². The number of carbonyl (C=O) groups is 1. The lowest BCUT2D eigenvalue weighted by atomic mass is 9.95. The first-order valence-electron chi connectivity index (χ1n) is 12.7. The molecule has 1 amide bonds. The Bertz CT molecular complexity index is 1410. The summed E-state index contributed by atoms with van der Waals surface area (Å²) in [5, 5.41) is 16.1. The number of carbonyl (C=O) groups excluding carboxylic acids is 1. The second kappa shape index (κ2) is 11.6. The van der Waals surface area contributed by atoms with Crippen molar-refractivity contribution in [1.29, 1.82) is 0 Å². The Morgan fingerprint density at radius 2 is 1.86 bits per heavy atom. The molecule has 8 heteroatoms. The zero-order valence-corrected chi connectivity index (χ0v) is 22.0. The van der Waals surface area contributed by atoms with Gasteiger partial charge in [0.25, 0.3) is 5.91 Å². The molecule has 1 N–H and O–H groups in total. The van der Waals surface area contributed by atoms with E-state index in [1.54, 1.807) is 13.3 Å². The Labute approximate surface area is 221 Å². The molecule has 5 rings (SSSR count). The smallest absolute Gasteiger partial charge is 0.250 e. The quantitative estimate of drug-likeness (QED) is 0.173. The van der Waals surface area contributed by atoms with Crippen molar-refractivity contribution in [2.24, 2.45) is 5.10 Å². The van der Waals surface area contributed by atoms with Crippen molar-refractivity contribution in [3.05, 3.63) is 71.8 Å². The van der Waals surface area contributed by atoms with Crippen molar-refractivity contribution in [3.63, 3.8) is 0 Å². The number of hydrazone groups is 1. The number of aromatic nitrogens is 3. The number of methoxy groups -OCH3 is 1. The molecule has 190 valence electrons. The molecule has 0 spiro atoms. The minimum absolute atomic E-state index is 0.197. The van der Waals surface area contributed by atoms with Gasteiger partial charge in [0, 0.05) is 17.2 Å². The molecule has 0 atom stereocenters. The summed E-state index contributed by atoms with van der Waals surface area (Å²) in [7, 11) is 1.63. The standard InChI is InChI=1S/C29H31N5O2S/c1-20-12-14-22(15-13-20)28-32-33-29(34(28)23-9-4-3-5-10-23)37-19-27(35)31-30-18-25-24-11-7-6-8-21(24)16-17-26(25)36-2/h6-8,11-18,23H,3-5,9-10,19H2,1-2H3,(H,31,35)/b30-18+. The van der Waals surface area contributed by atoms with Gasteiger partial charge < -0.3 is 4.74 Å². The molecule has 3 aromatic carbocycles. The second-order valence-electron chi connectivity index (χ2n) is 9.32. The minimum Gasteiger partial charge on any atom is -0.496 e. The Balaban J connectivity index is 1.30. The van der Waals surface area contributed by atoms with Gasteiger partial charge in [-0.25, -0.2) is 5.43 Å². The summed E-state index contributed by atoms with van der Waals surface area (Å²) >= 11 is 1.40. The van der Waals surface area contributed by atoms with E-state index in [0.717, 1.165) is 45.7 Å². The Morgan fingerprint density at radius 1 is 1.08 bits per heavy atom. The molecule has 0 aliphatic heterocycles. The van der Waals surface area contributed by atoms with E-state index in [9.17, 15) is 4.79 Å². The molecular formula is C29H31N5O2S. The van der Waals surface area contributed by atoms with E-state index in [1.165, 1.54) is 36.6 Å². The SMILES string of the molecule is COc1ccc2ccccc2c1/C=N/NC(=O)CSc1nnc(-c2ccc(C)cc2)n1C1CCCCC1. The number of hydrogen-bond donors (Lipinski definition) is 1. The number of nitrogens with one attached hydrogen (secondary N) is 1. The summed E-state index contributed by atoms with van der Waals surface area (Å²) < 4.78 is 7.75. The van der Waals surface area contributed by atoms with Crippen LogP contribution in [-0.4, -0.2) is 39.7 Å². The summed E-state index contributed by atoms with van der Waals surface area (Å²) in [5.74, 6) is 1.57. The van der Waals surface area contributed by atoms with Crippen LogP contribution >= 0.6 is 11.8 Å². The number of fused-ring (bicyclic) bond motifs is 1. The van der Waals surface area contributed by atoms with Gasteiger partial charge in [-0.3, -0.25) is 9.36 Å². The van der Waals surface area contributed by atoms with Crippen LogP contribution in [0.5, 0.6) is 5.75 Å². The van der Waals surface area contributed by atoms with Crippen LogP contribution in [0, 0.1) is 6.92 Å². The molecule has 0 unspecified atom stereocenters. The number of aryl methyl sites for hydroxylation is 1. The van der Waals surface area contributed by atoms with Crippen LogP contribution in [0.25, 0.3) is 22.2 Å². The van der Waals surface area contributed by atoms with Gasteiger partial charge in [0.1, 0.15) is 5.75 Å². The lowest BCUT2D eigenvalue weighted by Crippen LogP contribution is -2.21. The molecule has 1 aliphatic carbocycles. The van der Waals surface area contributed by atoms with Gasteiger partial charge in [-0.15, -0.1) is 10.2 Å². The lowest BCUT2D eigenvalue weighted by Gasteiger charge is -2.25. The van der Waals surface area contributed by atoms with Crippen LogP contribution in [-0.2, 0) is 4.79 Å². The summed E-state index contributed by atoms with van der Waals surface area (Å²) in [6.07, 6.45) is 7.52. The molecule has 1 aromatic heterocycles. The molecule has 37 heavy (non-hydrogen) atoms. The van der Waals surface area contributed by atoms with Crippen molar-refractivity contribution in [3.8, 4) is 17.1 Å². The Hall–Kier alpha value is -3.65. The molecule has 4 aromatic rings. The van der Waals surface area contributed by atoms with Crippen LogP contribution in [0.3, 0.4) is 0 Å². The Morgan fingerprint density at radius 3 is 2.65 bits per heavy atom. The van der Waals surface area contributed by atoms with E-state index in [1.807, 2.05) is 36.4 Å². The average molecular weight is 514 g/mol. The zero-order chi connectivity index (χ0) is 25.6. The number of amides is 1. The highest BCUT2D eigenvalue weighted by atomic mass is 32.2. The van der Waals surface area contributed by atoms with E-state index < -0.39 is 0 Å². The summed E-state index contributed by atoms with van der Waals surface area (Å²) in [4.78, 5) is 12.7. The maximum absolute atomic E-state index is 12.7. The number of benzene rings is 3. The van der Waals surface area contributed by atoms with Gasteiger partial charge in [0.2, 0.25) is 0 Å². The summed E-state index contributed by atoms with van der Waals surface area (Å²) in [6.45, 7) is 2.08. The largest absolute Gasteiger partial charge is 0.496 e. The first kappa shape index (κ1) is 25.0.